The number of carbonyl (C=O) groups is 1. The van der Waals surface area contributed by atoms with E-state index in [0.717, 1.165) is 26.3 Å². The first-order chi connectivity index (χ1) is 11.6. The lowest BCUT2D eigenvalue weighted by Gasteiger charge is -1.97. The Hall–Kier alpha value is -3.00. The summed E-state index contributed by atoms with van der Waals surface area (Å²) in [5, 5.41) is 15.7. The maximum Gasteiger partial charge on any atom is 0.249 e. The van der Waals surface area contributed by atoms with Crippen molar-refractivity contribution in [1.82, 2.24) is 25.0 Å². The Balaban J connectivity index is 1.55. The predicted molar refractivity (Wildman–Crippen MR) is 94.9 cm³/mol. The Morgan fingerprint density at radius 3 is 3.04 bits per heavy atom. The molecule has 4 aromatic rings. The van der Waals surface area contributed by atoms with Gasteiger partial charge in [-0.15, -0.1) is 11.3 Å². The molecule has 0 radical (unpaired) electrons. The molecule has 2 N–H and O–H groups in total. The minimum absolute atomic E-state index is 0.247. The summed E-state index contributed by atoms with van der Waals surface area (Å²) < 4.78 is 2.77. The third-order valence-electron chi connectivity index (χ3n) is 3.65. The molecule has 0 aliphatic heterocycles. The molecule has 4 rings (SSSR count). The van der Waals surface area contributed by atoms with Gasteiger partial charge < -0.3 is 5.32 Å². The maximum atomic E-state index is 12.2. The normalized spacial score (nSPS) is 11.8. The first-order valence-electron chi connectivity index (χ1n) is 7.34. The van der Waals surface area contributed by atoms with Crippen molar-refractivity contribution in [1.29, 1.82) is 0 Å². The van der Waals surface area contributed by atoms with Gasteiger partial charge in [0, 0.05) is 13.1 Å². The van der Waals surface area contributed by atoms with Crippen molar-refractivity contribution in [3.63, 3.8) is 0 Å². The monoisotopic (exact) mass is 338 g/mol. The predicted octanol–water partition coefficient (Wildman–Crippen LogP) is 2.87. The van der Waals surface area contributed by atoms with E-state index in [1.165, 1.54) is 6.08 Å². The van der Waals surface area contributed by atoms with Crippen LogP contribution >= 0.6 is 11.3 Å². The van der Waals surface area contributed by atoms with Crippen molar-refractivity contribution < 1.29 is 4.79 Å². The fourth-order valence-electron chi connectivity index (χ4n) is 2.60. The summed E-state index contributed by atoms with van der Waals surface area (Å²) in [4.78, 5) is 16.6. The van der Waals surface area contributed by atoms with E-state index in [-0.39, 0.29) is 5.91 Å². The van der Waals surface area contributed by atoms with E-state index in [1.807, 2.05) is 38.2 Å². The summed E-state index contributed by atoms with van der Waals surface area (Å²) in [6.07, 6.45) is 3.18. The smallest absolute Gasteiger partial charge is 0.249 e. The van der Waals surface area contributed by atoms with Crippen LogP contribution in [-0.4, -0.2) is 30.9 Å². The van der Waals surface area contributed by atoms with Crippen LogP contribution in [0.4, 0.5) is 5.82 Å². The van der Waals surface area contributed by atoms with Gasteiger partial charge in [-0.1, -0.05) is 12.1 Å². The minimum atomic E-state index is -0.247. The number of aryl methyl sites for hydroxylation is 2. The van der Waals surface area contributed by atoms with E-state index in [0.29, 0.717) is 11.5 Å². The van der Waals surface area contributed by atoms with Gasteiger partial charge in [0.25, 0.3) is 0 Å². The topological polar surface area (TPSA) is 88.5 Å². The van der Waals surface area contributed by atoms with Crippen molar-refractivity contribution in [3.05, 3.63) is 41.0 Å². The number of hydrogen-bond acceptors (Lipinski definition) is 5. The molecule has 3 heterocycles. The number of fused-ring (bicyclic) bond motifs is 2. The number of nitrogens with zero attached hydrogens (tertiary/aromatic N) is 4. The summed E-state index contributed by atoms with van der Waals surface area (Å²) in [5.41, 5.74) is 2.45. The molecule has 0 saturated heterocycles. The third kappa shape index (κ3) is 2.46. The molecule has 0 aliphatic carbocycles. The molecule has 24 heavy (non-hydrogen) atoms. The van der Waals surface area contributed by atoms with Gasteiger partial charge in [0.2, 0.25) is 5.91 Å². The molecule has 0 aliphatic rings. The van der Waals surface area contributed by atoms with E-state index >= 15 is 0 Å². The first kappa shape index (κ1) is 14.6. The second-order valence-electron chi connectivity index (χ2n) is 5.35. The molecule has 1 aromatic carbocycles. The van der Waals surface area contributed by atoms with Crippen molar-refractivity contribution >= 4 is 50.4 Å². The molecule has 7 nitrogen and oxygen atoms in total. The van der Waals surface area contributed by atoms with Crippen LogP contribution in [0.2, 0.25) is 0 Å². The number of rotatable bonds is 3. The van der Waals surface area contributed by atoms with Gasteiger partial charge in [0.15, 0.2) is 5.65 Å². The molecule has 1 amide bonds. The van der Waals surface area contributed by atoms with E-state index in [1.54, 1.807) is 22.1 Å². The van der Waals surface area contributed by atoms with E-state index < -0.39 is 0 Å². The van der Waals surface area contributed by atoms with Gasteiger partial charge >= 0.3 is 0 Å². The summed E-state index contributed by atoms with van der Waals surface area (Å²) in [7, 11) is 1.81. The van der Waals surface area contributed by atoms with Crippen LogP contribution in [0.5, 0.6) is 0 Å². The van der Waals surface area contributed by atoms with Gasteiger partial charge in [-0.05, 0) is 25.1 Å². The molecule has 120 valence electrons. The molecule has 0 unspecified atom stereocenters. The zero-order valence-electron chi connectivity index (χ0n) is 13.1. The van der Waals surface area contributed by atoms with Crippen LogP contribution < -0.4 is 5.32 Å². The molecule has 8 heteroatoms. The number of para-hydroxylation sites is 1. The molecule has 0 fully saturated rings. The molecular weight excluding hydrogens is 324 g/mol. The van der Waals surface area contributed by atoms with Crippen molar-refractivity contribution in [3.8, 4) is 0 Å². The van der Waals surface area contributed by atoms with Crippen LogP contribution in [0, 0.1) is 6.92 Å². The number of thiazole rings is 1. The largest absolute Gasteiger partial charge is 0.307 e. The number of benzene rings is 1. The molecule has 0 bridgehead atoms. The zero-order valence-corrected chi connectivity index (χ0v) is 13.9. The molecule has 3 aromatic heterocycles. The Bertz CT molecular complexity index is 1050. The zero-order chi connectivity index (χ0) is 16.7. The first-order valence-corrected chi connectivity index (χ1v) is 8.16. The fraction of sp³-hybridized carbons (Fsp3) is 0.125. The Kier molecular flexibility index (Phi) is 3.39. The molecule has 0 saturated carbocycles. The average Bonchev–Trinajstić information content (AvgIpc) is 3.22. The summed E-state index contributed by atoms with van der Waals surface area (Å²) in [6, 6.07) is 7.88. The number of aromatic amines is 1. The quantitative estimate of drug-likeness (QED) is 0.562. The number of amides is 1. The number of carbonyl (C=O) groups excluding carboxylic acids is 1. The van der Waals surface area contributed by atoms with E-state index in [9.17, 15) is 4.79 Å². The van der Waals surface area contributed by atoms with Crippen molar-refractivity contribution in [2.24, 2.45) is 7.05 Å². The number of anilines is 1. The average molecular weight is 338 g/mol. The second kappa shape index (κ2) is 5.57. The van der Waals surface area contributed by atoms with Gasteiger partial charge in [-0.2, -0.15) is 10.2 Å². The highest BCUT2D eigenvalue weighted by molar-refractivity contribution is 7.19. The Morgan fingerprint density at radius 2 is 2.21 bits per heavy atom. The third-order valence-corrected chi connectivity index (χ3v) is 4.65. The Morgan fingerprint density at radius 1 is 1.38 bits per heavy atom. The van der Waals surface area contributed by atoms with Crippen LogP contribution in [0.25, 0.3) is 27.3 Å². The molecular formula is C16H14N6OS. The number of nitrogens with one attached hydrogen (secondary N) is 2. The van der Waals surface area contributed by atoms with Crippen LogP contribution in [0.1, 0.15) is 10.7 Å². The number of hydrogen-bond donors (Lipinski definition) is 2. The molecule has 0 atom stereocenters. The molecule has 0 spiro atoms. The van der Waals surface area contributed by atoms with Crippen LogP contribution in [0.15, 0.2) is 30.3 Å². The van der Waals surface area contributed by atoms with Crippen molar-refractivity contribution in [2.75, 3.05) is 5.32 Å². The summed E-state index contributed by atoms with van der Waals surface area (Å²) in [6.45, 7) is 1.88. The van der Waals surface area contributed by atoms with E-state index in [4.69, 9.17) is 0 Å². The standard InChI is InChI=1S/C16H14N6OS/c1-9-14-15(19-20-16(14)22(2)21-9)18-12(23)7-8-13-17-10-5-3-4-6-11(10)24-13/h3-8H,1-2H3,(H2,18,19,20,23). The van der Waals surface area contributed by atoms with Crippen LogP contribution in [0.3, 0.4) is 0 Å². The maximum absolute atomic E-state index is 12.2. The SMILES string of the molecule is Cc1nn(C)c2n[nH]c(NC(=O)C=Cc3nc4ccccc4s3)c12. The lowest BCUT2D eigenvalue weighted by molar-refractivity contribution is -0.111. The fourth-order valence-corrected chi connectivity index (χ4v) is 3.47. The number of aromatic nitrogens is 5. The van der Waals surface area contributed by atoms with E-state index in [2.05, 4.69) is 25.6 Å². The van der Waals surface area contributed by atoms with Gasteiger partial charge in [0.05, 0.1) is 21.3 Å². The highest BCUT2D eigenvalue weighted by Gasteiger charge is 2.14. The van der Waals surface area contributed by atoms with Gasteiger partial charge in [0.1, 0.15) is 10.8 Å². The highest BCUT2D eigenvalue weighted by atomic mass is 32.1. The minimum Gasteiger partial charge on any atom is -0.307 e. The summed E-state index contributed by atoms with van der Waals surface area (Å²) in [5.74, 6) is 0.303. The number of H-pyrrole nitrogens is 1. The van der Waals surface area contributed by atoms with Crippen molar-refractivity contribution in [2.45, 2.75) is 6.92 Å². The highest BCUT2D eigenvalue weighted by Crippen LogP contribution is 2.24. The lowest BCUT2D eigenvalue weighted by atomic mass is 10.3. The van der Waals surface area contributed by atoms with Gasteiger partial charge in [-0.3, -0.25) is 9.89 Å². The Labute approximate surface area is 141 Å². The second-order valence-corrected chi connectivity index (χ2v) is 6.41. The van der Waals surface area contributed by atoms with Crippen LogP contribution in [-0.2, 0) is 11.8 Å². The van der Waals surface area contributed by atoms with Gasteiger partial charge in [-0.25, -0.2) is 9.67 Å². The lowest BCUT2D eigenvalue weighted by Crippen LogP contribution is -2.08. The summed E-state index contributed by atoms with van der Waals surface area (Å²) >= 11 is 1.54.